The standard InChI is InChI=1S/C12H23N3O/c1-14-10-6-13-12(14)16-11-5-9-15-7-3-2-4-8-15/h6,10,12-13H,2-5,7-9,11H2,1H3. The molecule has 1 fully saturated rings. The Kier molecular flexibility index (Phi) is 4.48. The summed E-state index contributed by atoms with van der Waals surface area (Å²) in [6.45, 7) is 4.58. The Morgan fingerprint density at radius 1 is 1.31 bits per heavy atom. The smallest absolute Gasteiger partial charge is 0.206 e. The molecule has 0 radical (unpaired) electrons. The number of rotatable bonds is 5. The highest BCUT2D eigenvalue weighted by atomic mass is 16.5. The van der Waals surface area contributed by atoms with Crippen molar-refractivity contribution >= 4 is 0 Å². The van der Waals surface area contributed by atoms with E-state index in [1.165, 1.54) is 38.9 Å². The average molecular weight is 225 g/mol. The molecule has 92 valence electrons. The third-order valence-corrected chi connectivity index (χ3v) is 3.26. The van der Waals surface area contributed by atoms with Crippen molar-refractivity contribution in [2.45, 2.75) is 32.0 Å². The van der Waals surface area contributed by atoms with Crippen LogP contribution in [0, 0.1) is 0 Å². The van der Waals surface area contributed by atoms with E-state index in [-0.39, 0.29) is 6.35 Å². The van der Waals surface area contributed by atoms with Gasteiger partial charge in [-0.15, -0.1) is 0 Å². The highest BCUT2D eigenvalue weighted by Gasteiger charge is 2.14. The van der Waals surface area contributed by atoms with Gasteiger partial charge in [0.1, 0.15) is 0 Å². The summed E-state index contributed by atoms with van der Waals surface area (Å²) in [6.07, 6.45) is 9.25. The summed E-state index contributed by atoms with van der Waals surface area (Å²) in [5.74, 6) is 0. The van der Waals surface area contributed by atoms with Gasteiger partial charge in [0.2, 0.25) is 6.35 Å². The topological polar surface area (TPSA) is 27.7 Å². The van der Waals surface area contributed by atoms with Crippen LogP contribution in [0.2, 0.25) is 0 Å². The van der Waals surface area contributed by atoms with Crippen LogP contribution in [0.25, 0.3) is 0 Å². The van der Waals surface area contributed by atoms with E-state index in [1.807, 2.05) is 24.3 Å². The normalized spacial score (nSPS) is 26.1. The summed E-state index contributed by atoms with van der Waals surface area (Å²) in [5, 5.41) is 3.15. The van der Waals surface area contributed by atoms with E-state index in [1.54, 1.807) is 0 Å². The van der Waals surface area contributed by atoms with Crippen LogP contribution >= 0.6 is 0 Å². The summed E-state index contributed by atoms with van der Waals surface area (Å²) in [7, 11) is 2.02. The van der Waals surface area contributed by atoms with Crippen LogP contribution in [-0.2, 0) is 4.74 Å². The van der Waals surface area contributed by atoms with Gasteiger partial charge in [0.05, 0.1) is 6.61 Å². The fourth-order valence-electron chi connectivity index (χ4n) is 2.27. The second kappa shape index (κ2) is 6.11. The Morgan fingerprint density at radius 2 is 2.12 bits per heavy atom. The van der Waals surface area contributed by atoms with Gasteiger partial charge in [-0.2, -0.15) is 0 Å². The lowest BCUT2D eigenvalue weighted by Crippen LogP contribution is -2.36. The van der Waals surface area contributed by atoms with Crippen molar-refractivity contribution in [2.75, 3.05) is 33.3 Å². The van der Waals surface area contributed by atoms with Crippen molar-refractivity contribution in [1.82, 2.24) is 15.1 Å². The fourth-order valence-corrected chi connectivity index (χ4v) is 2.27. The molecule has 1 atom stereocenters. The molecule has 1 saturated heterocycles. The van der Waals surface area contributed by atoms with Gasteiger partial charge in [-0.05, 0) is 32.4 Å². The molecule has 2 aliphatic heterocycles. The molecular weight excluding hydrogens is 202 g/mol. The predicted molar refractivity (Wildman–Crippen MR) is 64.7 cm³/mol. The predicted octanol–water partition coefficient (Wildman–Crippen LogP) is 1.17. The van der Waals surface area contributed by atoms with Crippen LogP contribution in [0.4, 0.5) is 0 Å². The van der Waals surface area contributed by atoms with Crippen molar-refractivity contribution in [3.8, 4) is 0 Å². The largest absolute Gasteiger partial charge is 0.348 e. The van der Waals surface area contributed by atoms with Gasteiger partial charge < -0.3 is 19.9 Å². The molecule has 1 N–H and O–H groups in total. The Bertz CT molecular complexity index is 226. The SMILES string of the molecule is CN1C=CNC1OCCCN1CCCCC1. The summed E-state index contributed by atoms with van der Waals surface area (Å²) in [6, 6.07) is 0. The number of nitrogens with zero attached hydrogens (tertiary/aromatic N) is 2. The van der Waals surface area contributed by atoms with Crippen LogP contribution in [0.5, 0.6) is 0 Å². The first kappa shape index (κ1) is 11.7. The quantitative estimate of drug-likeness (QED) is 0.711. The van der Waals surface area contributed by atoms with Gasteiger partial charge >= 0.3 is 0 Å². The zero-order valence-corrected chi connectivity index (χ0v) is 10.2. The zero-order chi connectivity index (χ0) is 11.2. The molecule has 0 aromatic rings. The number of ether oxygens (including phenoxy) is 1. The molecule has 4 nitrogen and oxygen atoms in total. The first-order valence-electron chi connectivity index (χ1n) is 6.35. The minimum absolute atomic E-state index is 0.0429. The molecule has 4 heteroatoms. The molecule has 2 rings (SSSR count). The molecular formula is C12H23N3O. The third-order valence-electron chi connectivity index (χ3n) is 3.26. The molecule has 16 heavy (non-hydrogen) atoms. The van der Waals surface area contributed by atoms with Gasteiger partial charge in [0.25, 0.3) is 0 Å². The Morgan fingerprint density at radius 3 is 2.81 bits per heavy atom. The molecule has 1 unspecified atom stereocenters. The number of hydrogen-bond acceptors (Lipinski definition) is 4. The Balaban J connectivity index is 1.51. The molecule has 0 saturated carbocycles. The molecule has 2 heterocycles. The number of nitrogens with one attached hydrogen (secondary N) is 1. The highest BCUT2D eigenvalue weighted by Crippen LogP contribution is 2.09. The van der Waals surface area contributed by atoms with E-state index in [0.717, 1.165) is 13.0 Å². The van der Waals surface area contributed by atoms with E-state index >= 15 is 0 Å². The minimum Gasteiger partial charge on any atom is -0.348 e. The first-order chi connectivity index (χ1) is 7.86. The maximum Gasteiger partial charge on any atom is 0.206 e. The Hall–Kier alpha value is -0.740. The van der Waals surface area contributed by atoms with E-state index in [4.69, 9.17) is 4.74 Å². The third kappa shape index (κ3) is 3.39. The molecule has 0 bridgehead atoms. The van der Waals surface area contributed by atoms with E-state index < -0.39 is 0 Å². The average Bonchev–Trinajstić information content (AvgIpc) is 2.72. The monoisotopic (exact) mass is 225 g/mol. The first-order valence-corrected chi connectivity index (χ1v) is 6.35. The fraction of sp³-hybridized carbons (Fsp3) is 0.833. The second-order valence-electron chi connectivity index (χ2n) is 4.63. The molecule has 0 aromatic carbocycles. The molecule has 0 aliphatic carbocycles. The molecule has 0 aromatic heterocycles. The Labute approximate surface area is 98.2 Å². The van der Waals surface area contributed by atoms with Gasteiger partial charge in [-0.3, -0.25) is 0 Å². The van der Waals surface area contributed by atoms with E-state index in [2.05, 4.69) is 10.2 Å². The summed E-state index contributed by atoms with van der Waals surface area (Å²) < 4.78 is 5.73. The van der Waals surface area contributed by atoms with Crippen molar-refractivity contribution in [1.29, 1.82) is 0 Å². The number of hydrogen-bond donors (Lipinski definition) is 1. The number of likely N-dealkylation sites (tertiary alicyclic amines) is 1. The van der Waals surface area contributed by atoms with Crippen molar-refractivity contribution in [3.63, 3.8) is 0 Å². The molecule has 2 aliphatic rings. The van der Waals surface area contributed by atoms with Crippen LogP contribution in [-0.4, -0.2) is 49.4 Å². The summed E-state index contributed by atoms with van der Waals surface area (Å²) in [5.41, 5.74) is 0. The van der Waals surface area contributed by atoms with Crippen molar-refractivity contribution < 1.29 is 4.74 Å². The van der Waals surface area contributed by atoms with Gasteiger partial charge in [-0.25, -0.2) is 0 Å². The highest BCUT2D eigenvalue weighted by molar-refractivity contribution is 4.88. The lowest BCUT2D eigenvalue weighted by Gasteiger charge is -2.27. The molecule has 0 spiro atoms. The maximum atomic E-state index is 5.73. The summed E-state index contributed by atoms with van der Waals surface area (Å²) >= 11 is 0. The van der Waals surface area contributed by atoms with Gasteiger partial charge in [0, 0.05) is 26.0 Å². The molecule has 0 amide bonds. The van der Waals surface area contributed by atoms with Crippen LogP contribution in [0.1, 0.15) is 25.7 Å². The second-order valence-corrected chi connectivity index (χ2v) is 4.63. The van der Waals surface area contributed by atoms with Crippen molar-refractivity contribution in [2.24, 2.45) is 0 Å². The van der Waals surface area contributed by atoms with Crippen LogP contribution < -0.4 is 5.32 Å². The van der Waals surface area contributed by atoms with Crippen LogP contribution in [0.15, 0.2) is 12.4 Å². The zero-order valence-electron chi connectivity index (χ0n) is 10.2. The lowest BCUT2D eigenvalue weighted by atomic mass is 10.1. The van der Waals surface area contributed by atoms with Crippen molar-refractivity contribution in [3.05, 3.63) is 12.4 Å². The maximum absolute atomic E-state index is 5.73. The van der Waals surface area contributed by atoms with E-state index in [9.17, 15) is 0 Å². The van der Waals surface area contributed by atoms with Gasteiger partial charge in [-0.1, -0.05) is 6.42 Å². The van der Waals surface area contributed by atoms with E-state index in [0.29, 0.717) is 0 Å². The minimum atomic E-state index is 0.0429. The van der Waals surface area contributed by atoms with Gasteiger partial charge in [0.15, 0.2) is 0 Å². The lowest BCUT2D eigenvalue weighted by molar-refractivity contribution is -0.0328. The van der Waals surface area contributed by atoms with Crippen LogP contribution in [0.3, 0.4) is 0 Å². The number of piperidine rings is 1. The summed E-state index contributed by atoms with van der Waals surface area (Å²) in [4.78, 5) is 4.60.